The van der Waals surface area contributed by atoms with E-state index >= 15 is 0 Å². The molecule has 0 unspecified atom stereocenters. The predicted molar refractivity (Wildman–Crippen MR) is 104 cm³/mol. The van der Waals surface area contributed by atoms with E-state index in [1.54, 1.807) is 18.5 Å². The fourth-order valence-corrected chi connectivity index (χ4v) is 3.81. The van der Waals surface area contributed by atoms with Crippen LogP contribution in [-0.4, -0.2) is 37.5 Å². The molecule has 1 amide bonds. The van der Waals surface area contributed by atoms with E-state index in [2.05, 4.69) is 15.1 Å². The minimum atomic E-state index is -0.0811. The summed E-state index contributed by atoms with van der Waals surface area (Å²) in [7, 11) is 0. The van der Waals surface area contributed by atoms with Gasteiger partial charge >= 0.3 is 0 Å². The van der Waals surface area contributed by atoms with E-state index in [1.807, 2.05) is 37.8 Å². The molecule has 1 fully saturated rings. The second kappa shape index (κ2) is 7.50. The lowest BCUT2D eigenvalue weighted by atomic mass is 9.97. The van der Waals surface area contributed by atoms with Crippen molar-refractivity contribution in [1.82, 2.24) is 25.0 Å². The molecule has 0 N–H and O–H groups in total. The lowest BCUT2D eigenvalue weighted by molar-refractivity contribution is 0.0605. The maximum absolute atomic E-state index is 13.1. The van der Waals surface area contributed by atoms with Crippen LogP contribution in [0, 0.1) is 20.8 Å². The molecule has 3 aromatic heterocycles. The normalized spacial score (nSPS) is 17.0. The third-order valence-corrected chi connectivity index (χ3v) is 5.14. The molecule has 1 atom stereocenters. The first-order valence-corrected chi connectivity index (χ1v) is 9.54. The van der Waals surface area contributed by atoms with Crippen LogP contribution in [0.15, 0.2) is 35.1 Å². The van der Waals surface area contributed by atoms with E-state index < -0.39 is 0 Å². The zero-order valence-corrected chi connectivity index (χ0v) is 16.3. The van der Waals surface area contributed by atoms with Gasteiger partial charge in [0.1, 0.15) is 5.76 Å². The number of likely N-dealkylation sites (tertiary alicyclic amines) is 1. The Labute approximate surface area is 163 Å². The summed E-state index contributed by atoms with van der Waals surface area (Å²) in [5.74, 6) is 1.29. The molecule has 0 aliphatic carbocycles. The minimum absolute atomic E-state index is 0.00652. The molecule has 1 aliphatic rings. The lowest BCUT2D eigenvalue weighted by Crippen LogP contribution is -2.39. The topological polar surface area (TPSA) is 85.0 Å². The molecular formula is C21H23N5O2. The van der Waals surface area contributed by atoms with Crippen LogP contribution in [0.5, 0.6) is 0 Å². The van der Waals surface area contributed by atoms with Crippen molar-refractivity contribution in [1.29, 1.82) is 0 Å². The predicted octanol–water partition coefficient (Wildman–Crippen LogP) is 3.82. The maximum atomic E-state index is 13.1. The van der Waals surface area contributed by atoms with Crippen LogP contribution in [0.4, 0.5) is 0 Å². The maximum Gasteiger partial charge on any atom is 0.255 e. The van der Waals surface area contributed by atoms with Gasteiger partial charge < -0.3 is 9.42 Å². The summed E-state index contributed by atoms with van der Waals surface area (Å²) in [6.45, 7) is 6.40. The molecule has 3 aromatic rings. The van der Waals surface area contributed by atoms with Crippen LogP contribution in [0.3, 0.4) is 0 Å². The molecule has 1 saturated heterocycles. The number of aromatic nitrogens is 4. The number of nitrogens with zero attached hydrogens (tertiary/aromatic N) is 5. The molecule has 0 aromatic carbocycles. The summed E-state index contributed by atoms with van der Waals surface area (Å²) in [6.07, 6.45) is 6.22. The quantitative estimate of drug-likeness (QED) is 0.690. The van der Waals surface area contributed by atoms with Gasteiger partial charge in [-0.15, -0.1) is 0 Å². The molecule has 144 valence electrons. The van der Waals surface area contributed by atoms with Gasteiger partial charge in [-0.3, -0.25) is 9.78 Å². The molecule has 0 spiro atoms. The van der Waals surface area contributed by atoms with Crippen molar-refractivity contribution in [3.63, 3.8) is 0 Å². The first kappa shape index (κ1) is 18.3. The summed E-state index contributed by atoms with van der Waals surface area (Å²) in [5, 5.41) is 4.02. The van der Waals surface area contributed by atoms with Gasteiger partial charge in [-0.1, -0.05) is 5.16 Å². The number of carbonyl (C=O) groups is 1. The van der Waals surface area contributed by atoms with E-state index in [0.717, 1.165) is 41.9 Å². The molecule has 28 heavy (non-hydrogen) atoms. The molecule has 0 radical (unpaired) electrons. The van der Waals surface area contributed by atoms with Gasteiger partial charge in [0.05, 0.1) is 28.6 Å². The molecule has 1 aliphatic heterocycles. The number of rotatable bonds is 3. The SMILES string of the molecule is Cc1cc([C@H]2CCCCN2C(=O)c2cccnc2)nc(-c2c(C)noc2C)n1. The molecule has 0 bridgehead atoms. The Hall–Kier alpha value is -3.09. The van der Waals surface area contributed by atoms with Crippen LogP contribution in [-0.2, 0) is 0 Å². The van der Waals surface area contributed by atoms with Gasteiger partial charge in [-0.25, -0.2) is 9.97 Å². The Balaban J connectivity index is 1.73. The number of aryl methyl sites for hydroxylation is 3. The summed E-state index contributed by atoms with van der Waals surface area (Å²) >= 11 is 0. The van der Waals surface area contributed by atoms with E-state index in [0.29, 0.717) is 23.7 Å². The largest absolute Gasteiger partial charge is 0.361 e. The Kier molecular flexibility index (Phi) is 4.90. The van der Waals surface area contributed by atoms with Crippen LogP contribution in [0.1, 0.15) is 58.5 Å². The van der Waals surface area contributed by atoms with Crippen LogP contribution in [0.25, 0.3) is 11.4 Å². The zero-order chi connectivity index (χ0) is 19.7. The van der Waals surface area contributed by atoms with Gasteiger partial charge in [0.25, 0.3) is 5.91 Å². The third kappa shape index (κ3) is 3.40. The van der Waals surface area contributed by atoms with Crippen LogP contribution < -0.4 is 0 Å². The van der Waals surface area contributed by atoms with Crippen molar-refractivity contribution in [2.45, 2.75) is 46.1 Å². The zero-order valence-electron chi connectivity index (χ0n) is 16.3. The summed E-state index contributed by atoms with van der Waals surface area (Å²) in [4.78, 5) is 28.5. The third-order valence-electron chi connectivity index (χ3n) is 5.14. The first-order valence-electron chi connectivity index (χ1n) is 9.54. The fraction of sp³-hybridized carbons (Fsp3) is 0.381. The number of amides is 1. The van der Waals surface area contributed by atoms with Crippen molar-refractivity contribution in [2.24, 2.45) is 0 Å². The van der Waals surface area contributed by atoms with Crippen molar-refractivity contribution in [3.05, 3.63) is 59.0 Å². The number of carbonyl (C=O) groups excluding carboxylic acids is 1. The minimum Gasteiger partial charge on any atom is -0.361 e. The number of hydrogen-bond acceptors (Lipinski definition) is 6. The monoisotopic (exact) mass is 377 g/mol. The standard InChI is InChI=1S/C21H23N5O2/c1-13-11-17(24-20(23-13)19-14(2)25-28-15(19)3)18-8-4-5-10-26(18)21(27)16-7-6-9-22-12-16/h6-7,9,11-12,18H,4-5,8,10H2,1-3H3/t18-/m1/s1. The van der Waals surface area contributed by atoms with Crippen LogP contribution in [0.2, 0.25) is 0 Å². The second-order valence-electron chi connectivity index (χ2n) is 7.21. The number of pyridine rings is 1. The highest BCUT2D eigenvalue weighted by Crippen LogP contribution is 2.33. The first-order chi connectivity index (χ1) is 13.5. The smallest absolute Gasteiger partial charge is 0.255 e. The highest BCUT2D eigenvalue weighted by molar-refractivity contribution is 5.94. The molecule has 7 heteroatoms. The van der Waals surface area contributed by atoms with Gasteiger partial charge in [-0.05, 0) is 58.2 Å². The van der Waals surface area contributed by atoms with Gasteiger partial charge in [0, 0.05) is 24.6 Å². The average Bonchev–Trinajstić information content (AvgIpc) is 3.06. The summed E-state index contributed by atoms with van der Waals surface area (Å²) in [6, 6.07) is 5.49. The van der Waals surface area contributed by atoms with Crippen LogP contribution >= 0.6 is 0 Å². The highest BCUT2D eigenvalue weighted by Gasteiger charge is 2.30. The van der Waals surface area contributed by atoms with Gasteiger partial charge in [-0.2, -0.15) is 0 Å². The Bertz CT molecular complexity index is 980. The molecule has 0 saturated carbocycles. The van der Waals surface area contributed by atoms with E-state index in [4.69, 9.17) is 9.51 Å². The van der Waals surface area contributed by atoms with Gasteiger partial charge in [0.15, 0.2) is 5.82 Å². The second-order valence-corrected chi connectivity index (χ2v) is 7.21. The van der Waals surface area contributed by atoms with E-state index in [-0.39, 0.29) is 11.9 Å². The highest BCUT2D eigenvalue weighted by atomic mass is 16.5. The number of hydrogen-bond donors (Lipinski definition) is 0. The molecular weight excluding hydrogens is 354 g/mol. The fourth-order valence-electron chi connectivity index (χ4n) is 3.81. The lowest BCUT2D eigenvalue weighted by Gasteiger charge is -2.35. The Morgan fingerprint density at radius 2 is 2.07 bits per heavy atom. The molecule has 4 rings (SSSR count). The van der Waals surface area contributed by atoms with Crippen molar-refractivity contribution >= 4 is 5.91 Å². The molecule has 4 heterocycles. The van der Waals surface area contributed by atoms with Crippen molar-refractivity contribution in [3.8, 4) is 11.4 Å². The van der Waals surface area contributed by atoms with E-state index in [9.17, 15) is 4.79 Å². The van der Waals surface area contributed by atoms with Crippen molar-refractivity contribution < 1.29 is 9.32 Å². The summed E-state index contributed by atoms with van der Waals surface area (Å²) < 4.78 is 5.29. The van der Waals surface area contributed by atoms with E-state index in [1.165, 1.54) is 0 Å². The Morgan fingerprint density at radius 3 is 2.79 bits per heavy atom. The van der Waals surface area contributed by atoms with Gasteiger partial charge in [0.2, 0.25) is 0 Å². The molecule has 7 nitrogen and oxygen atoms in total. The van der Waals surface area contributed by atoms with Crippen molar-refractivity contribution in [2.75, 3.05) is 6.54 Å². The average molecular weight is 377 g/mol. The Morgan fingerprint density at radius 1 is 1.21 bits per heavy atom. The summed E-state index contributed by atoms with van der Waals surface area (Å²) in [5.41, 5.74) is 3.91. The number of piperidine rings is 1.